The number of nitrogens with zero attached hydrogens (tertiary/aromatic N) is 5. The third kappa shape index (κ3) is 6.22. The smallest absolute Gasteiger partial charge is 0.314 e. The van der Waals surface area contributed by atoms with E-state index in [0.717, 1.165) is 42.2 Å². The van der Waals surface area contributed by atoms with Crippen LogP contribution in [0.4, 0.5) is 0 Å². The standard InChI is InChI=1S/C29H39N5O4/c1-8-24-16-34(17-25-26(38-24)12-10-20(3)30-25)14-22-13-21(11-9-19(22)2)27(29(4,5)28(35)36-7)37-18-23-15-33(6)32-31-23/h9-13,15,24,27H,8,14,16-18H2,1-7H3/t24-,27-/m1/s1. The monoisotopic (exact) mass is 521 g/mol. The number of aromatic nitrogens is 4. The second-order valence-electron chi connectivity index (χ2n) is 10.7. The molecule has 9 nitrogen and oxygen atoms in total. The molecule has 0 unspecified atom stereocenters. The zero-order valence-electron chi connectivity index (χ0n) is 23.5. The maximum Gasteiger partial charge on any atom is 0.314 e. The molecule has 0 radical (unpaired) electrons. The summed E-state index contributed by atoms with van der Waals surface area (Å²) in [4.78, 5) is 20.0. The van der Waals surface area contributed by atoms with Gasteiger partial charge < -0.3 is 14.2 Å². The van der Waals surface area contributed by atoms with Crippen LogP contribution in [-0.4, -0.2) is 50.6 Å². The average molecular weight is 522 g/mol. The Morgan fingerprint density at radius 3 is 2.71 bits per heavy atom. The van der Waals surface area contributed by atoms with Crippen LogP contribution in [0.3, 0.4) is 0 Å². The van der Waals surface area contributed by atoms with Gasteiger partial charge in [-0.15, -0.1) is 5.10 Å². The van der Waals surface area contributed by atoms with Crippen LogP contribution in [0, 0.1) is 19.3 Å². The lowest BCUT2D eigenvalue weighted by Gasteiger charge is -2.32. The molecule has 3 heterocycles. The van der Waals surface area contributed by atoms with Crippen molar-refractivity contribution in [2.24, 2.45) is 12.5 Å². The van der Waals surface area contributed by atoms with Crippen LogP contribution in [0.5, 0.6) is 5.75 Å². The first kappa shape index (κ1) is 27.7. The van der Waals surface area contributed by atoms with Crippen molar-refractivity contribution in [1.29, 1.82) is 0 Å². The van der Waals surface area contributed by atoms with Crippen LogP contribution in [0.25, 0.3) is 0 Å². The molecule has 0 saturated carbocycles. The summed E-state index contributed by atoms with van der Waals surface area (Å²) < 4.78 is 19.4. The molecule has 0 amide bonds. The van der Waals surface area contributed by atoms with Gasteiger partial charge in [-0.2, -0.15) is 0 Å². The van der Waals surface area contributed by atoms with E-state index in [9.17, 15) is 4.79 Å². The molecule has 4 rings (SSSR count). The number of pyridine rings is 1. The van der Waals surface area contributed by atoms with Gasteiger partial charge in [0.05, 0.1) is 37.1 Å². The van der Waals surface area contributed by atoms with E-state index in [1.165, 1.54) is 18.2 Å². The van der Waals surface area contributed by atoms with Crippen molar-refractivity contribution in [1.82, 2.24) is 24.9 Å². The van der Waals surface area contributed by atoms with Crippen LogP contribution in [0.1, 0.15) is 67.1 Å². The van der Waals surface area contributed by atoms with Crippen molar-refractivity contribution in [2.45, 2.75) is 72.9 Å². The van der Waals surface area contributed by atoms with Crippen molar-refractivity contribution < 1.29 is 19.0 Å². The van der Waals surface area contributed by atoms with E-state index in [0.29, 0.717) is 12.2 Å². The Bertz CT molecular complexity index is 1270. The third-order valence-corrected chi connectivity index (χ3v) is 7.14. The Morgan fingerprint density at radius 1 is 1.24 bits per heavy atom. The Morgan fingerprint density at radius 2 is 2.03 bits per heavy atom. The predicted octanol–water partition coefficient (Wildman–Crippen LogP) is 4.46. The van der Waals surface area contributed by atoms with Crippen molar-refractivity contribution in [3.8, 4) is 5.75 Å². The lowest BCUT2D eigenvalue weighted by atomic mass is 9.81. The minimum atomic E-state index is -0.923. The molecule has 1 aromatic carbocycles. The fraction of sp³-hybridized carbons (Fsp3) is 0.517. The molecule has 204 valence electrons. The summed E-state index contributed by atoms with van der Waals surface area (Å²) in [5.41, 5.74) is 4.98. The first-order chi connectivity index (χ1) is 18.1. The van der Waals surface area contributed by atoms with Crippen molar-refractivity contribution in [3.63, 3.8) is 0 Å². The minimum absolute atomic E-state index is 0.0885. The average Bonchev–Trinajstić information content (AvgIpc) is 3.22. The largest absolute Gasteiger partial charge is 0.487 e. The normalized spacial score (nSPS) is 16.9. The van der Waals surface area contributed by atoms with Gasteiger partial charge in [-0.05, 0) is 62.9 Å². The van der Waals surface area contributed by atoms with Crippen molar-refractivity contribution >= 4 is 5.97 Å². The summed E-state index contributed by atoms with van der Waals surface area (Å²) in [5, 5.41) is 8.12. The summed E-state index contributed by atoms with van der Waals surface area (Å²) in [6.45, 7) is 12.4. The fourth-order valence-corrected chi connectivity index (χ4v) is 4.92. The number of rotatable bonds is 9. The molecule has 38 heavy (non-hydrogen) atoms. The molecule has 3 aromatic rings. The number of hydrogen-bond acceptors (Lipinski definition) is 8. The Hall–Kier alpha value is -3.30. The highest BCUT2D eigenvalue weighted by molar-refractivity contribution is 5.77. The highest BCUT2D eigenvalue weighted by atomic mass is 16.5. The number of aryl methyl sites for hydroxylation is 3. The van der Waals surface area contributed by atoms with Crippen LogP contribution >= 0.6 is 0 Å². The summed E-state index contributed by atoms with van der Waals surface area (Å²) in [7, 11) is 3.22. The first-order valence-corrected chi connectivity index (χ1v) is 13.1. The van der Waals surface area contributed by atoms with E-state index >= 15 is 0 Å². The second-order valence-corrected chi connectivity index (χ2v) is 10.7. The van der Waals surface area contributed by atoms with E-state index < -0.39 is 11.5 Å². The topological polar surface area (TPSA) is 91.6 Å². The summed E-state index contributed by atoms with van der Waals surface area (Å²) >= 11 is 0. The van der Waals surface area contributed by atoms with Crippen LogP contribution < -0.4 is 4.74 Å². The molecule has 0 spiro atoms. The second kappa shape index (κ2) is 11.6. The van der Waals surface area contributed by atoms with Gasteiger partial charge in [0, 0.05) is 32.4 Å². The molecule has 0 fully saturated rings. The van der Waals surface area contributed by atoms with Crippen LogP contribution in [0.15, 0.2) is 36.5 Å². The SMILES string of the molecule is CC[C@@H]1CN(Cc2cc([C@@H](OCc3cn(C)nn3)C(C)(C)C(=O)OC)ccc2C)Cc2nc(C)ccc2O1. The summed E-state index contributed by atoms with van der Waals surface area (Å²) in [6.07, 6.45) is 2.26. The first-order valence-electron chi connectivity index (χ1n) is 13.1. The van der Waals surface area contributed by atoms with Crippen molar-refractivity contribution in [2.75, 3.05) is 13.7 Å². The lowest BCUT2D eigenvalue weighted by Crippen LogP contribution is -2.34. The van der Waals surface area contributed by atoms with Gasteiger partial charge in [-0.25, -0.2) is 0 Å². The summed E-state index contributed by atoms with van der Waals surface area (Å²) in [5.74, 6) is 0.532. The van der Waals surface area contributed by atoms with E-state index in [2.05, 4.69) is 41.2 Å². The highest BCUT2D eigenvalue weighted by Gasteiger charge is 2.40. The number of benzene rings is 1. The van der Waals surface area contributed by atoms with Gasteiger partial charge in [0.25, 0.3) is 0 Å². The van der Waals surface area contributed by atoms with Gasteiger partial charge in [0.1, 0.15) is 17.5 Å². The molecule has 0 bridgehead atoms. The highest BCUT2D eigenvalue weighted by Crippen LogP contribution is 2.39. The number of fused-ring (bicyclic) bond motifs is 1. The molecule has 1 aliphatic heterocycles. The molecular formula is C29H39N5O4. The molecule has 0 aliphatic carbocycles. The molecule has 9 heteroatoms. The van der Waals surface area contributed by atoms with E-state index in [1.54, 1.807) is 4.68 Å². The third-order valence-electron chi connectivity index (χ3n) is 7.14. The molecular weight excluding hydrogens is 482 g/mol. The molecule has 2 aromatic heterocycles. The number of methoxy groups -OCH3 is 1. The molecule has 2 atom stereocenters. The van der Waals surface area contributed by atoms with Gasteiger partial charge in [0.15, 0.2) is 0 Å². The number of carbonyl (C=O) groups is 1. The molecule has 0 N–H and O–H groups in total. The quantitative estimate of drug-likeness (QED) is 0.381. The number of ether oxygens (including phenoxy) is 3. The van der Waals surface area contributed by atoms with Gasteiger partial charge in [-0.1, -0.05) is 30.3 Å². The van der Waals surface area contributed by atoms with E-state index in [4.69, 9.17) is 19.2 Å². The zero-order valence-corrected chi connectivity index (χ0v) is 23.5. The molecule has 0 saturated heterocycles. The maximum atomic E-state index is 12.8. The number of carbonyl (C=O) groups excluding carboxylic acids is 1. The Kier molecular flexibility index (Phi) is 8.47. The van der Waals surface area contributed by atoms with Crippen molar-refractivity contribution in [3.05, 3.63) is 70.3 Å². The van der Waals surface area contributed by atoms with Crippen LogP contribution in [-0.2, 0) is 41.0 Å². The fourth-order valence-electron chi connectivity index (χ4n) is 4.92. The Labute approximate surface area is 225 Å². The predicted molar refractivity (Wildman–Crippen MR) is 143 cm³/mol. The van der Waals surface area contributed by atoms with E-state index in [-0.39, 0.29) is 18.7 Å². The number of hydrogen-bond donors (Lipinski definition) is 0. The number of esters is 1. The minimum Gasteiger partial charge on any atom is -0.487 e. The van der Waals surface area contributed by atoms with E-state index in [1.807, 2.05) is 52.2 Å². The van der Waals surface area contributed by atoms with Gasteiger partial charge in [-0.3, -0.25) is 19.4 Å². The maximum absolute atomic E-state index is 12.8. The van der Waals surface area contributed by atoms with Crippen LogP contribution in [0.2, 0.25) is 0 Å². The van der Waals surface area contributed by atoms with Gasteiger partial charge in [0.2, 0.25) is 0 Å². The zero-order chi connectivity index (χ0) is 27.4. The van der Waals surface area contributed by atoms with Gasteiger partial charge >= 0.3 is 5.97 Å². The lowest BCUT2D eigenvalue weighted by molar-refractivity contribution is -0.162. The molecule has 1 aliphatic rings. The summed E-state index contributed by atoms with van der Waals surface area (Å²) in [6, 6.07) is 10.3. The Balaban J connectivity index is 1.63.